The molecular formula is C20H31NO4S. The maximum atomic E-state index is 12.2. The fourth-order valence-electron chi connectivity index (χ4n) is 3.57. The lowest BCUT2D eigenvalue weighted by atomic mass is 9.92. The summed E-state index contributed by atoms with van der Waals surface area (Å²) < 4.78 is 16.5. The van der Waals surface area contributed by atoms with Crippen molar-refractivity contribution in [2.75, 3.05) is 25.6 Å². The molecule has 5 nitrogen and oxygen atoms in total. The summed E-state index contributed by atoms with van der Waals surface area (Å²) in [6.45, 7) is 8.06. The van der Waals surface area contributed by atoms with Gasteiger partial charge in [0.25, 0.3) is 0 Å². The number of hydrogen-bond acceptors (Lipinski definition) is 6. The van der Waals surface area contributed by atoms with E-state index in [-0.39, 0.29) is 17.5 Å². The molecule has 0 radical (unpaired) electrons. The SMILES string of the molecule is COC(=O)c1sc(C(C)(C)C)cc1NC1CCC(O[C@H]2CCOC2)CC1. The van der Waals surface area contributed by atoms with E-state index in [1.165, 1.54) is 23.3 Å². The second kappa shape index (κ2) is 8.28. The van der Waals surface area contributed by atoms with E-state index in [1.54, 1.807) is 0 Å². The molecule has 3 rings (SSSR count). The molecule has 0 unspecified atom stereocenters. The average Bonchev–Trinajstić information content (AvgIpc) is 3.25. The van der Waals surface area contributed by atoms with Crippen molar-refractivity contribution in [2.45, 2.75) is 76.5 Å². The summed E-state index contributed by atoms with van der Waals surface area (Å²) in [6, 6.07) is 2.50. The van der Waals surface area contributed by atoms with Crippen LogP contribution in [-0.2, 0) is 19.6 Å². The molecule has 0 amide bonds. The third kappa shape index (κ3) is 4.78. The summed E-state index contributed by atoms with van der Waals surface area (Å²) >= 11 is 1.53. The standard InChI is InChI=1S/C20H31NO4S/c1-20(2,3)17-11-16(18(26-17)19(22)23-4)21-13-5-7-14(8-6-13)25-15-9-10-24-12-15/h11,13-15,21H,5-10,12H2,1-4H3/t13?,14?,15-/m0/s1. The Bertz CT molecular complexity index is 608. The molecule has 2 heterocycles. The Morgan fingerprint density at radius 1 is 1.19 bits per heavy atom. The molecular weight excluding hydrogens is 350 g/mol. The van der Waals surface area contributed by atoms with Crippen LogP contribution in [0.4, 0.5) is 5.69 Å². The zero-order chi connectivity index (χ0) is 18.7. The molecule has 1 aromatic rings. The van der Waals surface area contributed by atoms with Crippen LogP contribution in [0.15, 0.2) is 6.07 Å². The molecule has 26 heavy (non-hydrogen) atoms. The van der Waals surface area contributed by atoms with Gasteiger partial charge in [-0.15, -0.1) is 11.3 Å². The van der Waals surface area contributed by atoms with E-state index in [2.05, 4.69) is 32.2 Å². The molecule has 146 valence electrons. The van der Waals surface area contributed by atoms with E-state index in [1.807, 2.05) is 0 Å². The summed E-state index contributed by atoms with van der Waals surface area (Å²) in [7, 11) is 1.44. The first-order chi connectivity index (χ1) is 12.4. The highest BCUT2D eigenvalue weighted by molar-refractivity contribution is 7.14. The van der Waals surface area contributed by atoms with Crippen molar-refractivity contribution in [1.29, 1.82) is 0 Å². The van der Waals surface area contributed by atoms with Crippen LogP contribution in [0.25, 0.3) is 0 Å². The smallest absolute Gasteiger partial charge is 0.350 e. The molecule has 1 aliphatic carbocycles. The molecule has 0 bridgehead atoms. The van der Waals surface area contributed by atoms with E-state index in [0.29, 0.717) is 17.0 Å². The first kappa shape index (κ1) is 19.6. The van der Waals surface area contributed by atoms with Gasteiger partial charge >= 0.3 is 5.97 Å². The number of carbonyl (C=O) groups excluding carboxylic acids is 1. The summed E-state index contributed by atoms with van der Waals surface area (Å²) in [5, 5.41) is 3.60. The van der Waals surface area contributed by atoms with Gasteiger partial charge in [0.2, 0.25) is 0 Å². The molecule has 0 aromatic carbocycles. The van der Waals surface area contributed by atoms with Crippen LogP contribution in [0.2, 0.25) is 0 Å². The third-order valence-electron chi connectivity index (χ3n) is 5.15. The Morgan fingerprint density at radius 2 is 1.92 bits per heavy atom. The van der Waals surface area contributed by atoms with E-state index in [4.69, 9.17) is 14.2 Å². The van der Waals surface area contributed by atoms with Gasteiger partial charge < -0.3 is 19.5 Å². The number of rotatable bonds is 5. The van der Waals surface area contributed by atoms with E-state index in [9.17, 15) is 4.79 Å². The zero-order valence-electron chi connectivity index (χ0n) is 16.3. The zero-order valence-corrected chi connectivity index (χ0v) is 17.1. The molecule has 1 aromatic heterocycles. The Labute approximate surface area is 160 Å². The number of carbonyl (C=O) groups is 1. The van der Waals surface area contributed by atoms with Crippen molar-refractivity contribution < 1.29 is 19.0 Å². The number of thiophene rings is 1. The largest absolute Gasteiger partial charge is 0.465 e. The number of hydrogen-bond donors (Lipinski definition) is 1. The van der Waals surface area contributed by atoms with Crippen LogP contribution in [0.5, 0.6) is 0 Å². The van der Waals surface area contributed by atoms with Gasteiger partial charge in [-0.05, 0) is 43.6 Å². The van der Waals surface area contributed by atoms with Gasteiger partial charge in [0, 0.05) is 17.5 Å². The summed E-state index contributed by atoms with van der Waals surface area (Å²) in [5.41, 5.74) is 0.933. The molecule has 2 fully saturated rings. The molecule has 2 aliphatic rings. The topological polar surface area (TPSA) is 56.8 Å². The van der Waals surface area contributed by atoms with Gasteiger partial charge in [-0.25, -0.2) is 4.79 Å². The number of nitrogens with one attached hydrogen (secondary N) is 1. The number of esters is 1. The summed E-state index contributed by atoms with van der Waals surface area (Å²) in [5.74, 6) is -0.258. The Morgan fingerprint density at radius 3 is 2.50 bits per heavy atom. The minimum absolute atomic E-state index is 0.0161. The van der Waals surface area contributed by atoms with Gasteiger partial charge in [0.15, 0.2) is 0 Å². The average molecular weight is 382 g/mol. The first-order valence-electron chi connectivity index (χ1n) is 9.59. The minimum Gasteiger partial charge on any atom is -0.465 e. The van der Waals surface area contributed by atoms with Gasteiger partial charge in [0.05, 0.1) is 31.6 Å². The molecule has 6 heteroatoms. The number of methoxy groups -OCH3 is 1. The lowest BCUT2D eigenvalue weighted by molar-refractivity contribution is -0.0331. The Hall–Kier alpha value is -1.11. The van der Waals surface area contributed by atoms with Gasteiger partial charge in [0.1, 0.15) is 4.88 Å². The highest BCUT2D eigenvalue weighted by Crippen LogP contribution is 2.37. The van der Waals surface area contributed by atoms with Crippen LogP contribution in [0.1, 0.15) is 67.4 Å². The predicted octanol–water partition coefficient (Wildman–Crippen LogP) is 4.36. The summed E-state index contributed by atoms with van der Waals surface area (Å²) in [4.78, 5) is 14.1. The lowest BCUT2D eigenvalue weighted by Gasteiger charge is -2.31. The Kier molecular flexibility index (Phi) is 6.25. The van der Waals surface area contributed by atoms with Crippen molar-refractivity contribution in [2.24, 2.45) is 0 Å². The van der Waals surface area contributed by atoms with E-state index in [0.717, 1.165) is 51.0 Å². The molecule has 1 saturated heterocycles. The van der Waals surface area contributed by atoms with Crippen LogP contribution in [0.3, 0.4) is 0 Å². The van der Waals surface area contributed by atoms with Gasteiger partial charge in [-0.2, -0.15) is 0 Å². The molecule has 1 aliphatic heterocycles. The highest BCUT2D eigenvalue weighted by atomic mass is 32.1. The third-order valence-corrected chi connectivity index (χ3v) is 6.69. The summed E-state index contributed by atoms with van der Waals surface area (Å²) in [6.07, 6.45) is 5.86. The lowest BCUT2D eigenvalue weighted by Crippen LogP contribution is -2.32. The van der Waals surface area contributed by atoms with Crippen molar-refractivity contribution in [3.8, 4) is 0 Å². The first-order valence-corrected chi connectivity index (χ1v) is 10.4. The highest BCUT2D eigenvalue weighted by Gasteiger charge is 2.28. The Balaban J connectivity index is 1.60. The van der Waals surface area contributed by atoms with Crippen LogP contribution in [0, 0.1) is 0 Å². The number of ether oxygens (including phenoxy) is 3. The van der Waals surface area contributed by atoms with Crippen molar-refractivity contribution >= 4 is 23.0 Å². The van der Waals surface area contributed by atoms with Crippen molar-refractivity contribution in [1.82, 2.24) is 0 Å². The van der Waals surface area contributed by atoms with Crippen LogP contribution >= 0.6 is 11.3 Å². The monoisotopic (exact) mass is 381 g/mol. The minimum atomic E-state index is -0.258. The normalized spacial score (nSPS) is 26.7. The molecule has 0 spiro atoms. The van der Waals surface area contributed by atoms with Crippen LogP contribution < -0.4 is 5.32 Å². The maximum absolute atomic E-state index is 12.2. The van der Waals surface area contributed by atoms with E-state index >= 15 is 0 Å². The van der Waals surface area contributed by atoms with E-state index < -0.39 is 0 Å². The van der Waals surface area contributed by atoms with Crippen molar-refractivity contribution in [3.63, 3.8) is 0 Å². The predicted molar refractivity (Wildman–Crippen MR) is 104 cm³/mol. The second-order valence-electron chi connectivity index (χ2n) is 8.33. The van der Waals surface area contributed by atoms with Crippen LogP contribution in [-0.4, -0.2) is 44.5 Å². The van der Waals surface area contributed by atoms with Crippen molar-refractivity contribution in [3.05, 3.63) is 15.8 Å². The second-order valence-corrected chi connectivity index (χ2v) is 9.39. The molecule has 1 saturated carbocycles. The molecule has 1 atom stereocenters. The van der Waals surface area contributed by atoms with Gasteiger partial charge in [-0.1, -0.05) is 20.8 Å². The fourth-order valence-corrected chi connectivity index (χ4v) is 4.67. The number of anilines is 1. The van der Waals surface area contributed by atoms with Gasteiger partial charge in [-0.3, -0.25) is 0 Å². The maximum Gasteiger partial charge on any atom is 0.350 e. The quantitative estimate of drug-likeness (QED) is 0.768. The molecule has 1 N–H and O–H groups in total. The fraction of sp³-hybridized carbons (Fsp3) is 0.750.